The zero-order valence-corrected chi connectivity index (χ0v) is 12.7. The molecule has 0 radical (unpaired) electrons. The highest BCUT2D eigenvalue weighted by atomic mass is 16.5. The molecule has 1 amide bonds. The van der Waals surface area contributed by atoms with Crippen LogP contribution in [0.1, 0.15) is 35.3 Å². The minimum atomic E-state index is -0.215. The van der Waals surface area contributed by atoms with Gasteiger partial charge in [0.2, 0.25) is 0 Å². The standard InChI is InChI=1S/C17H21NO3/c1-12-6-7-15(5-4-8-19)16(9-12)17(20)18-10-13(2)21-14(3)11-18/h6-7,9,13-14,19H,8,10-11H2,1-3H3/t13-,14+. The second-order valence-corrected chi connectivity index (χ2v) is 5.48. The quantitative estimate of drug-likeness (QED) is 0.798. The smallest absolute Gasteiger partial charge is 0.255 e. The highest BCUT2D eigenvalue weighted by Gasteiger charge is 2.27. The Kier molecular flexibility index (Phi) is 5.00. The topological polar surface area (TPSA) is 49.8 Å². The Morgan fingerprint density at radius 2 is 2.05 bits per heavy atom. The van der Waals surface area contributed by atoms with Crippen molar-refractivity contribution in [2.24, 2.45) is 0 Å². The van der Waals surface area contributed by atoms with Gasteiger partial charge in [0.05, 0.1) is 17.8 Å². The SMILES string of the molecule is Cc1ccc(C#CCO)c(C(=O)N2C[C@@H](C)O[C@@H](C)C2)c1. The molecule has 1 fully saturated rings. The number of carbonyl (C=O) groups excluding carboxylic acids is 1. The molecular formula is C17H21NO3. The Morgan fingerprint density at radius 1 is 1.38 bits per heavy atom. The van der Waals surface area contributed by atoms with Crippen LogP contribution in [0, 0.1) is 18.8 Å². The summed E-state index contributed by atoms with van der Waals surface area (Å²) in [5.41, 5.74) is 2.27. The molecule has 2 rings (SSSR count). The van der Waals surface area contributed by atoms with E-state index in [1.165, 1.54) is 0 Å². The van der Waals surface area contributed by atoms with Crippen molar-refractivity contribution in [1.82, 2.24) is 4.90 Å². The molecule has 112 valence electrons. The van der Waals surface area contributed by atoms with E-state index < -0.39 is 0 Å². The van der Waals surface area contributed by atoms with E-state index in [1.54, 1.807) is 0 Å². The summed E-state index contributed by atoms with van der Waals surface area (Å²) in [5.74, 6) is 5.44. The van der Waals surface area contributed by atoms with Crippen LogP contribution in [0.5, 0.6) is 0 Å². The molecule has 21 heavy (non-hydrogen) atoms. The first-order chi connectivity index (χ1) is 10.0. The van der Waals surface area contributed by atoms with Gasteiger partial charge in [-0.25, -0.2) is 0 Å². The summed E-state index contributed by atoms with van der Waals surface area (Å²) in [7, 11) is 0. The lowest BCUT2D eigenvalue weighted by molar-refractivity contribution is -0.0586. The van der Waals surface area contributed by atoms with Crippen molar-refractivity contribution < 1.29 is 14.6 Å². The molecule has 0 unspecified atom stereocenters. The highest BCUT2D eigenvalue weighted by Crippen LogP contribution is 2.18. The van der Waals surface area contributed by atoms with E-state index in [-0.39, 0.29) is 24.7 Å². The number of aryl methyl sites for hydroxylation is 1. The van der Waals surface area contributed by atoms with Gasteiger partial charge in [-0.05, 0) is 32.9 Å². The van der Waals surface area contributed by atoms with E-state index >= 15 is 0 Å². The number of aliphatic hydroxyl groups is 1. The Labute approximate surface area is 125 Å². The van der Waals surface area contributed by atoms with E-state index in [0.29, 0.717) is 24.2 Å². The summed E-state index contributed by atoms with van der Waals surface area (Å²) < 4.78 is 5.67. The second-order valence-electron chi connectivity index (χ2n) is 5.48. The predicted octanol–water partition coefficient (Wildman–Crippen LogP) is 1.59. The van der Waals surface area contributed by atoms with Gasteiger partial charge in [0.25, 0.3) is 5.91 Å². The normalized spacial score (nSPS) is 21.6. The van der Waals surface area contributed by atoms with Crippen molar-refractivity contribution in [3.05, 3.63) is 34.9 Å². The first-order valence-electron chi connectivity index (χ1n) is 7.16. The number of aliphatic hydroxyl groups excluding tert-OH is 1. The van der Waals surface area contributed by atoms with Crippen molar-refractivity contribution in [3.63, 3.8) is 0 Å². The lowest BCUT2D eigenvalue weighted by Crippen LogP contribution is -2.48. The van der Waals surface area contributed by atoms with Crippen LogP contribution in [0.2, 0.25) is 0 Å². The molecule has 1 heterocycles. The lowest BCUT2D eigenvalue weighted by atomic mass is 10.0. The molecule has 0 aromatic heterocycles. The van der Waals surface area contributed by atoms with E-state index in [4.69, 9.17) is 9.84 Å². The van der Waals surface area contributed by atoms with Gasteiger partial charge >= 0.3 is 0 Å². The molecule has 0 aliphatic carbocycles. The van der Waals surface area contributed by atoms with Gasteiger partial charge in [0, 0.05) is 18.7 Å². The molecule has 1 saturated heterocycles. The maximum absolute atomic E-state index is 12.8. The molecule has 1 aliphatic rings. The van der Waals surface area contributed by atoms with E-state index in [1.807, 2.05) is 43.9 Å². The van der Waals surface area contributed by atoms with Crippen LogP contribution < -0.4 is 0 Å². The summed E-state index contributed by atoms with van der Waals surface area (Å²) in [4.78, 5) is 14.6. The average Bonchev–Trinajstić information content (AvgIpc) is 2.44. The van der Waals surface area contributed by atoms with E-state index in [0.717, 1.165) is 5.56 Å². The Morgan fingerprint density at radius 3 is 2.67 bits per heavy atom. The minimum Gasteiger partial charge on any atom is -0.384 e. The van der Waals surface area contributed by atoms with Crippen molar-refractivity contribution >= 4 is 5.91 Å². The fourth-order valence-corrected chi connectivity index (χ4v) is 2.59. The molecule has 1 N–H and O–H groups in total. The number of benzene rings is 1. The molecule has 1 aromatic carbocycles. The van der Waals surface area contributed by atoms with E-state index in [2.05, 4.69) is 11.8 Å². The predicted molar refractivity (Wildman–Crippen MR) is 81.1 cm³/mol. The Bertz CT molecular complexity index is 575. The van der Waals surface area contributed by atoms with Gasteiger partial charge in [0.1, 0.15) is 6.61 Å². The first-order valence-corrected chi connectivity index (χ1v) is 7.16. The molecule has 0 saturated carbocycles. The average molecular weight is 287 g/mol. The van der Waals surface area contributed by atoms with Crippen LogP contribution in [0.25, 0.3) is 0 Å². The molecule has 0 spiro atoms. The van der Waals surface area contributed by atoms with Crippen LogP contribution in [-0.2, 0) is 4.74 Å². The largest absolute Gasteiger partial charge is 0.384 e. The van der Waals surface area contributed by atoms with Crippen LogP contribution in [-0.4, -0.2) is 47.8 Å². The summed E-state index contributed by atoms with van der Waals surface area (Å²) in [6, 6.07) is 5.61. The molecule has 4 heteroatoms. The van der Waals surface area contributed by atoms with Gasteiger partial charge in [-0.15, -0.1) is 0 Å². The third-order valence-corrected chi connectivity index (χ3v) is 3.41. The number of carbonyl (C=O) groups is 1. The lowest BCUT2D eigenvalue weighted by Gasteiger charge is -2.35. The van der Waals surface area contributed by atoms with Crippen molar-refractivity contribution in [1.29, 1.82) is 0 Å². The maximum atomic E-state index is 12.8. The van der Waals surface area contributed by atoms with E-state index in [9.17, 15) is 4.79 Å². The Balaban J connectivity index is 2.31. The maximum Gasteiger partial charge on any atom is 0.255 e. The van der Waals surface area contributed by atoms with Crippen molar-refractivity contribution in [2.75, 3.05) is 19.7 Å². The first kappa shape index (κ1) is 15.6. The third kappa shape index (κ3) is 3.84. The molecule has 0 bridgehead atoms. The van der Waals surface area contributed by atoms with Crippen LogP contribution in [0.4, 0.5) is 0 Å². The fourth-order valence-electron chi connectivity index (χ4n) is 2.59. The van der Waals surface area contributed by atoms with Crippen LogP contribution in [0.15, 0.2) is 18.2 Å². The third-order valence-electron chi connectivity index (χ3n) is 3.41. The van der Waals surface area contributed by atoms with Crippen LogP contribution >= 0.6 is 0 Å². The van der Waals surface area contributed by atoms with Crippen molar-refractivity contribution in [2.45, 2.75) is 33.0 Å². The van der Waals surface area contributed by atoms with Gasteiger partial charge in [0.15, 0.2) is 0 Å². The Hall–Kier alpha value is -1.83. The fraction of sp³-hybridized carbons (Fsp3) is 0.471. The summed E-state index contributed by atoms with van der Waals surface area (Å²) >= 11 is 0. The molecule has 4 nitrogen and oxygen atoms in total. The minimum absolute atomic E-state index is 0.0251. The van der Waals surface area contributed by atoms with Gasteiger partial charge < -0.3 is 14.7 Å². The van der Waals surface area contributed by atoms with Crippen LogP contribution in [0.3, 0.4) is 0 Å². The second kappa shape index (κ2) is 6.75. The number of rotatable bonds is 1. The molecular weight excluding hydrogens is 266 g/mol. The summed E-state index contributed by atoms with van der Waals surface area (Å²) in [5, 5.41) is 8.84. The number of amides is 1. The number of hydrogen-bond donors (Lipinski definition) is 1. The molecule has 2 atom stereocenters. The van der Waals surface area contributed by atoms with Crippen molar-refractivity contribution in [3.8, 4) is 11.8 Å². The van der Waals surface area contributed by atoms with Gasteiger partial charge in [-0.3, -0.25) is 4.79 Å². The molecule has 1 aliphatic heterocycles. The summed E-state index contributed by atoms with van der Waals surface area (Å²) in [6.45, 7) is 6.85. The summed E-state index contributed by atoms with van der Waals surface area (Å²) in [6.07, 6.45) is 0.0731. The number of nitrogens with zero attached hydrogens (tertiary/aromatic N) is 1. The molecule has 1 aromatic rings. The number of hydrogen-bond acceptors (Lipinski definition) is 3. The zero-order valence-electron chi connectivity index (χ0n) is 12.7. The zero-order chi connectivity index (χ0) is 15.4. The van der Waals surface area contributed by atoms with Gasteiger partial charge in [-0.1, -0.05) is 23.5 Å². The number of morpholine rings is 1. The number of ether oxygens (including phenoxy) is 1. The van der Waals surface area contributed by atoms with Gasteiger partial charge in [-0.2, -0.15) is 0 Å². The highest BCUT2D eigenvalue weighted by molar-refractivity contribution is 5.97. The monoisotopic (exact) mass is 287 g/mol.